The molecule has 2 aromatic rings. The van der Waals surface area contributed by atoms with Gasteiger partial charge in [0.25, 0.3) is 5.91 Å². The summed E-state index contributed by atoms with van der Waals surface area (Å²) in [4.78, 5) is 23.5. The number of carbonyl (C=O) groups excluding carboxylic acids is 2. The molecule has 0 unspecified atom stereocenters. The van der Waals surface area contributed by atoms with Crippen LogP contribution in [0.1, 0.15) is 37.0 Å². The molecule has 0 saturated carbocycles. The quantitative estimate of drug-likeness (QED) is 0.261. The number of furan rings is 1. The van der Waals surface area contributed by atoms with E-state index in [1.807, 2.05) is 0 Å². The van der Waals surface area contributed by atoms with Gasteiger partial charge < -0.3 is 9.73 Å². The van der Waals surface area contributed by atoms with E-state index in [2.05, 4.69) is 5.32 Å². The molecule has 27 heavy (non-hydrogen) atoms. The first-order valence-electron chi connectivity index (χ1n) is 8.43. The molecule has 0 atom stereocenters. The summed E-state index contributed by atoms with van der Waals surface area (Å²) in [5.74, 6) is -0.754. The van der Waals surface area contributed by atoms with E-state index in [0.717, 1.165) is 6.42 Å². The Morgan fingerprint density at radius 1 is 1.11 bits per heavy atom. The second-order valence-electron chi connectivity index (χ2n) is 5.81. The van der Waals surface area contributed by atoms with E-state index >= 15 is 0 Å². The van der Waals surface area contributed by atoms with Crippen molar-refractivity contribution in [3.63, 3.8) is 0 Å². The number of carbonyl (C=O) groups is 2. The number of hydrogen-bond acceptors (Lipinski definition) is 4. The summed E-state index contributed by atoms with van der Waals surface area (Å²) in [6.07, 6.45) is 3.77. The van der Waals surface area contributed by atoms with Crippen LogP contribution in [0.25, 0.3) is 11.6 Å². The number of nitrogens with one attached hydrogen (secondary N) is 2. The van der Waals surface area contributed by atoms with Crippen LogP contribution in [0, 0.1) is 5.82 Å². The number of halogens is 2. The molecule has 3 N–H and O–H groups in total. The van der Waals surface area contributed by atoms with Crippen molar-refractivity contribution in [3.05, 3.63) is 58.8 Å². The maximum Gasteiger partial charge on any atom is 0.252 e. The van der Waals surface area contributed by atoms with Crippen LogP contribution in [0.2, 0.25) is 5.22 Å². The molecule has 1 aromatic heterocycles. The normalized spacial score (nSPS) is 11.3. The predicted octanol–water partition coefficient (Wildman–Crippen LogP) is 3.79. The Morgan fingerprint density at radius 3 is 2.48 bits per heavy atom. The topological polar surface area (TPSA) is 91.6 Å². The molecule has 0 saturated heterocycles. The summed E-state index contributed by atoms with van der Waals surface area (Å²) in [6, 6.07) is 8.77. The fourth-order valence-electron chi connectivity index (χ4n) is 2.40. The molecule has 1 aromatic carbocycles. The summed E-state index contributed by atoms with van der Waals surface area (Å²) in [5, 5.41) is 11.4. The van der Waals surface area contributed by atoms with Crippen LogP contribution in [0.15, 0.2) is 40.8 Å². The molecule has 2 rings (SSSR count). The lowest BCUT2D eigenvalue weighted by molar-refractivity contribution is -0.129. The molecule has 0 aliphatic rings. The second kappa shape index (κ2) is 10.5. The molecule has 0 fully saturated rings. The SMILES string of the molecule is O=C(CCCCCNC(=O)/C(=C\c1ccc(Cl)o1)c1ccc(F)cc1)NO. The Bertz CT molecular complexity index is 802. The van der Waals surface area contributed by atoms with Gasteiger partial charge in [-0.3, -0.25) is 14.8 Å². The number of unbranched alkanes of at least 4 members (excludes halogenated alkanes) is 2. The molecule has 2 amide bonds. The number of hydrogen-bond donors (Lipinski definition) is 3. The molecular formula is C19H20ClFN2O4. The second-order valence-corrected chi connectivity index (χ2v) is 6.18. The van der Waals surface area contributed by atoms with Gasteiger partial charge in [0, 0.05) is 13.0 Å². The summed E-state index contributed by atoms with van der Waals surface area (Å²) >= 11 is 5.76. The van der Waals surface area contributed by atoms with E-state index in [0.29, 0.717) is 36.3 Å². The number of benzene rings is 1. The molecular weight excluding hydrogens is 375 g/mol. The summed E-state index contributed by atoms with van der Waals surface area (Å²) in [7, 11) is 0. The highest BCUT2D eigenvalue weighted by Gasteiger charge is 2.13. The highest BCUT2D eigenvalue weighted by atomic mass is 35.5. The van der Waals surface area contributed by atoms with Gasteiger partial charge in [0.15, 0.2) is 5.22 Å². The highest BCUT2D eigenvalue weighted by molar-refractivity contribution is 6.29. The molecule has 0 bridgehead atoms. The van der Waals surface area contributed by atoms with Crippen LogP contribution >= 0.6 is 11.6 Å². The van der Waals surface area contributed by atoms with Gasteiger partial charge in [0.05, 0.1) is 5.57 Å². The molecule has 0 aliphatic carbocycles. The van der Waals surface area contributed by atoms with E-state index < -0.39 is 11.7 Å². The first-order valence-corrected chi connectivity index (χ1v) is 8.81. The van der Waals surface area contributed by atoms with E-state index in [1.165, 1.54) is 24.3 Å². The zero-order valence-electron chi connectivity index (χ0n) is 14.5. The predicted molar refractivity (Wildman–Crippen MR) is 99.4 cm³/mol. The van der Waals surface area contributed by atoms with Gasteiger partial charge in [-0.1, -0.05) is 18.6 Å². The Balaban J connectivity index is 1.98. The molecule has 8 heteroatoms. The summed E-state index contributed by atoms with van der Waals surface area (Å²) in [5.41, 5.74) is 2.44. The smallest absolute Gasteiger partial charge is 0.252 e. The van der Waals surface area contributed by atoms with Gasteiger partial charge in [-0.05, 0) is 60.3 Å². The van der Waals surface area contributed by atoms with E-state index in [1.54, 1.807) is 23.7 Å². The maximum absolute atomic E-state index is 13.2. The lowest BCUT2D eigenvalue weighted by Gasteiger charge is -2.09. The molecule has 0 aliphatic heterocycles. The Morgan fingerprint density at radius 2 is 1.85 bits per heavy atom. The molecule has 0 radical (unpaired) electrons. The minimum atomic E-state index is -0.433. The van der Waals surface area contributed by atoms with Crippen molar-refractivity contribution < 1.29 is 23.6 Å². The van der Waals surface area contributed by atoms with Crippen LogP contribution < -0.4 is 10.8 Å². The van der Waals surface area contributed by atoms with Gasteiger partial charge in [-0.2, -0.15) is 0 Å². The summed E-state index contributed by atoms with van der Waals surface area (Å²) < 4.78 is 18.5. The average molecular weight is 395 g/mol. The van der Waals surface area contributed by atoms with Gasteiger partial charge in [-0.15, -0.1) is 0 Å². The lowest BCUT2D eigenvalue weighted by Crippen LogP contribution is -2.25. The average Bonchev–Trinajstić information content (AvgIpc) is 3.08. The van der Waals surface area contributed by atoms with Crippen molar-refractivity contribution in [2.24, 2.45) is 0 Å². The minimum Gasteiger partial charge on any atom is -0.445 e. The van der Waals surface area contributed by atoms with Crippen LogP contribution in [0.3, 0.4) is 0 Å². The molecule has 144 valence electrons. The fourth-order valence-corrected chi connectivity index (χ4v) is 2.55. The third-order valence-electron chi connectivity index (χ3n) is 3.77. The van der Waals surface area contributed by atoms with E-state index in [4.69, 9.17) is 21.2 Å². The van der Waals surface area contributed by atoms with Crippen molar-refractivity contribution in [1.82, 2.24) is 10.8 Å². The van der Waals surface area contributed by atoms with Crippen LogP contribution in [0.5, 0.6) is 0 Å². The van der Waals surface area contributed by atoms with Gasteiger partial charge >= 0.3 is 0 Å². The van der Waals surface area contributed by atoms with Crippen LogP contribution in [0.4, 0.5) is 4.39 Å². The van der Waals surface area contributed by atoms with Crippen molar-refractivity contribution in [2.75, 3.05) is 6.54 Å². The van der Waals surface area contributed by atoms with E-state index in [-0.39, 0.29) is 17.5 Å². The van der Waals surface area contributed by atoms with Crippen molar-refractivity contribution in [2.45, 2.75) is 25.7 Å². The summed E-state index contributed by atoms with van der Waals surface area (Å²) in [6.45, 7) is 0.414. The van der Waals surface area contributed by atoms with E-state index in [9.17, 15) is 14.0 Å². The lowest BCUT2D eigenvalue weighted by atomic mass is 10.0. The zero-order valence-corrected chi connectivity index (χ0v) is 15.3. The zero-order chi connectivity index (χ0) is 19.6. The Kier molecular flexibility index (Phi) is 8.03. The molecule has 0 spiro atoms. The first kappa shape index (κ1) is 20.7. The van der Waals surface area contributed by atoms with Crippen LogP contribution in [-0.4, -0.2) is 23.6 Å². The van der Waals surface area contributed by atoms with Crippen molar-refractivity contribution in [3.8, 4) is 0 Å². The van der Waals surface area contributed by atoms with Gasteiger partial charge in [0.1, 0.15) is 11.6 Å². The molecule has 6 nitrogen and oxygen atoms in total. The van der Waals surface area contributed by atoms with Gasteiger partial charge in [-0.25, -0.2) is 9.87 Å². The minimum absolute atomic E-state index is 0.201. The third kappa shape index (κ3) is 6.88. The van der Waals surface area contributed by atoms with Crippen LogP contribution in [-0.2, 0) is 9.59 Å². The maximum atomic E-state index is 13.2. The van der Waals surface area contributed by atoms with Gasteiger partial charge in [0.2, 0.25) is 5.91 Å². The Hall–Kier alpha value is -2.64. The molecule has 1 heterocycles. The number of amides is 2. The largest absolute Gasteiger partial charge is 0.445 e. The van der Waals surface area contributed by atoms with Crippen molar-refractivity contribution in [1.29, 1.82) is 0 Å². The highest BCUT2D eigenvalue weighted by Crippen LogP contribution is 2.22. The fraction of sp³-hybridized carbons (Fsp3) is 0.263. The third-order valence-corrected chi connectivity index (χ3v) is 3.97. The number of hydroxylamine groups is 1. The number of rotatable bonds is 9. The Labute approximate surface area is 161 Å². The monoisotopic (exact) mass is 394 g/mol. The first-order chi connectivity index (χ1) is 13.0. The standard InChI is InChI=1S/C19H20ClFN2O4/c20-17-10-9-15(27-17)12-16(13-5-7-14(21)8-6-13)19(25)22-11-3-1-2-4-18(24)23-26/h5-10,12,26H,1-4,11H2,(H,22,25)(H,23,24)/b16-12-. The van der Waals surface area contributed by atoms with Crippen molar-refractivity contribution >= 4 is 35.1 Å².